The molecule has 19 heavy (non-hydrogen) atoms. The molecule has 6 heteroatoms. The lowest BCUT2D eigenvalue weighted by molar-refractivity contribution is -0.138. The van der Waals surface area contributed by atoms with Gasteiger partial charge in [-0.3, -0.25) is 9.59 Å². The predicted molar refractivity (Wildman–Crippen MR) is 68.6 cm³/mol. The number of ether oxygens (including phenoxy) is 2. The SMILES string of the molecule is CCO[C@H]1COC[C@@H]1NC(=O)CN1CCCCC1=O. The number of hydrogen-bond donors (Lipinski definition) is 1. The molecule has 1 N–H and O–H groups in total. The van der Waals surface area contributed by atoms with Crippen LogP contribution in [-0.2, 0) is 19.1 Å². The molecule has 6 nitrogen and oxygen atoms in total. The Balaban J connectivity index is 1.78. The van der Waals surface area contributed by atoms with Gasteiger partial charge in [0.2, 0.25) is 11.8 Å². The molecule has 2 fully saturated rings. The van der Waals surface area contributed by atoms with E-state index in [4.69, 9.17) is 9.47 Å². The van der Waals surface area contributed by atoms with Gasteiger partial charge < -0.3 is 19.7 Å². The highest BCUT2D eigenvalue weighted by molar-refractivity contribution is 5.85. The molecule has 0 aromatic carbocycles. The fraction of sp³-hybridized carbons (Fsp3) is 0.846. The fourth-order valence-corrected chi connectivity index (χ4v) is 2.50. The Hall–Kier alpha value is -1.14. The second kappa shape index (κ2) is 6.86. The zero-order valence-electron chi connectivity index (χ0n) is 11.4. The van der Waals surface area contributed by atoms with Crippen molar-refractivity contribution in [3.05, 3.63) is 0 Å². The van der Waals surface area contributed by atoms with E-state index in [0.717, 1.165) is 12.8 Å². The molecule has 0 unspecified atom stereocenters. The number of amides is 2. The fourth-order valence-electron chi connectivity index (χ4n) is 2.50. The first-order valence-corrected chi connectivity index (χ1v) is 6.97. The van der Waals surface area contributed by atoms with Gasteiger partial charge in [-0.05, 0) is 19.8 Å². The maximum absolute atomic E-state index is 11.9. The number of piperidine rings is 1. The summed E-state index contributed by atoms with van der Waals surface area (Å²) in [6, 6.07) is -0.104. The van der Waals surface area contributed by atoms with Crippen molar-refractivity contribution in [2.24, 2.45) is 0 Å². The second-order valence-electron chi connectivity index (χ2n) is 4.98. The first-order chi connectivity index (χ1) is 9.20. The van der Waals surface area contributed by atoms with E-state index in [2.05, 4.69) is 5.32 Å². The molecule has 2 amide bonds. The van der Waals surface area contributed by atoms with Crippen LogP contribution in [0.2, 0.25) is 0 Å². The van der Waals surface area contributed by atoms with E-state index in [-0.39, 0.29) is 30.5 Å². The van der Waals surface area contributed by atoms with Crippen molar-refractivity contribution >= 4 is 11.8 Å². The minimum absolute atomic E-state index is 0.0745. The average Bonchev–Trinajstić information content (AvgIpc) is 2.80. The van der Waals surface area contributed by atoms with Crippen LogP contribution in [0.3, 0.4) is 0 Å². The predicted octanol–water partition coefficient (Wildman–Crippen LogP) is -0.0810. The molecule has 108 valence electrons. The number of likely N-dealkylation sites (tertiary alicyclic amines) is 1. The third-order valence-electron chi connectivity index (χ3n) is 3.51. The van der Waals surface area contributed by atoms with Gasteiger partial charge in [0.1, 0.15) is 6.10 Å². The van der Waals surface area contributed by atoms with E-state index in [9.17, 15) is 9.59 Å². The lowest BCUT2D eigenvalue weighted by atomic mass is 10.1. The lowest BCUT2D eigenvalue weighted by Gasteiger charge is -2.27. The summed E-state index contributed by atoms with van der Waals surface area (Å²) < 4.78 is 10.8. The molecule has 2 rings (SSSR count). The largest absolute Gasteiger partial charge is 0.376 e. The third kappa shape index (κ3) is 3.91. The number of nitrogens with zero attached hydrogens (tertiary/aromatic N) is 1. The summed E-state index contributed by atoms with van der Waals surface area (Å²) in [4.78, 5) is 25.2. The zero-order valence-corrected chi connectivity index (χ0v) is 11.4. The summed E-state index contributed by atoms with van der Waals surface area (Å²) in [6.07, 6.45) is 2.39. The summed E-state index contributed by atoms with van der Waals surface area (Å²) >= 11 is 0. The number of hydrogen-bond acceptors (Lipinski definition) is 4. The van der Waals surface area contributed by atoms with Crippen LogP contribution in [0.25, 0.3) is 0 Å². The molecule has 0 bridgehead atoms. The Morgan fingerprint density at radius 2 is 2.32 bits per heavy atom. The second-order valence-corrected chi connectivity index (χ2v) is 4.98. The Morgan fingerprint density at radius 1 is 1.47 bits per heavy atom. The molecule has 0 aromatic rings. The molecular formula is C13H22N2O4. The molecule has 0 aromatic heterocycles. The molecule has 2 aliphatic heterocycles. The minimum Gasteiger partial charge on any atom is -0.376 e. The molecule has 0 radical (unpaired) electrons. The van der Waals surface area contributed by atoms with Gasteiger partial charge in [0.15, 0.2) is 0 Å². The summed E-state index contributed by atoms with van der Waals surface area (Å²) in [6.45, 7) is 4.34. The van der Waals surface area contributed by atoms with Gasteiger partial charge in [0.05, 0.1) is 25.8 Å². The number of rotatable bonds is 5. The Labute approximate surface area is 113 Å². The van der Waals surface area contributed by atoms with Crippen molar-refractivity contribution < 1.29 is 19.1 Å². The van der Waals surface area contributed by atoms with Gasteiger partial charge >= 0.3 is 0 Å². The van der Waals surface area contributed by atoms with E-state index in [1.807, 2.05) is 6.92 Å². The van der Waals surface area contributed by atoms with Gasteiger partial charge in [-0.1, -0.05) is 0 Å². The molecule has 0 spiro atoms. The summed E-state index contributed by atoms with van der Waals surface area (Å²) in [5, 5.41) is 2.90. The first kappa shape index (κ1) is 14.3. The van der Waals surface area contributed by atoms with Crippen LogP contribution in [0, 0.1) is 0 Å². The smallest absolute Gasteiger partial charge is 0.240 e. The Morgan fingerprint density at radius 3 is 3.05 bits per heavy atom. The van der Waals surface area contributed by atoms with Crippen LogP contribution in [0.1, 0.15) is 26.2 Å². The molecule has 0 saturated carbocycles. The van der Waals surface area contributed by atoms with E-state index < -0.39 is 0 Å². The monoisotopic (exact) mass is 270 g/mol. The van der Waals surface area contributed by atoms with Crippen LogP contribution in [0.4, 0.5) is 0 Å². The highest BCUT2D eigenvalue weighted by atomic mass is 16.5. The maximum atomic E-state index is 11.9. The van der Waals surface area contributed by atoms with Crippen LogP contribution in [0.5, 0.6) is 0 Å². The van der Waals surface area contributed by atoms with Crippen molar-refractivity contribution in [2.75, 3.05) is 32.9 Å². The molecular weight excluding hydrogens is 248 g/mol. The van der Waals surface area contributed by atoms with E-state index in [1.165, 1.54) is 0 Å². The number of nitrogens with one attached hydrogen (secondary N) is 1. The minimum atomic E-state index is -0.129. The van der Waals surface area contributed by atoms with Crippen LogP contribution >= 0.6 is 0 Å². The highest BCUT2D eigenvalue weighted by Crippen LogP contribution is 2.12. The van der Waals surface area contributed by atoms with Gasteiger partial charge in [-0.25, -0.2) is 0 Å². The van der Waals surface area contributed by atoms with Crippen molar-refractivity contribution in [1.82, 2.24) is 10.2 Å². The van der Waals surface area contributed by atoms with Gasteiger partial charge in [0.25, 0.3) is 0 Å². The third-order valence-corrected chi connectivity index (χ3v) is 3.51. The average molecular weight is 270 g/mol. The van der Waals surface area contributed by atoms with Gasteiger partial charge in [-0.15, -0.1) is 0 Å². The van der Waals surface area contributed by atoms with E-state index in [1.54, 1.807) is 4.90 Å². The molecule has 2 heterocycles. The van der Waals surface area contributed by atoms with E-state index >= 15 is 0 Å². The van der Waals surface area contributed by atoms with Gasteiger partial charge in [-0.2, -0.15) is 0 Å². The number of carbonyl (C=O) groups is 2. The maximum Gasteiger partial charge on any atom is 0.240 e. The summed E-state index contributed by atoms with van der Waals surface area (Å²) in [5.41, 5.74) is 0. The van der Waals surface area contributed by atoms with E-state index in [0.29, 0.717) is 32.8 Å². The standard InChI is InChI=1S/C13H22N2O4/c1-2-19-11-9-18-8-10(11)14-12(16)7-15-6-4-3-5-13(15)17/h10-11H,2-9H2,1H3,(H,14,16)/t10-,11-/m0/s1. The lowest BCUT2D eigenvalue weighted by Crippen LogP contribution is -2.49. The Bertz CT molecular complexity index is 335. The molecule has 0 aliphatic carbocycles. The van der Waals surface area contributed by atoms with Crippen LogP contribution in [-0.4, -0.2) is 61.8 Å². The molecule has 2 aliphatic rings. The normalized spacial score (nSPS) is 27.6. The number of carbonyl (C=O) groups excluding carboxylic acids is 2. The summed E-state index contributed by atoms with van der Waals surface area (Å²) in [7, 11) is 0. The first-order valence-electron chi connectivity index (χ1n) is 6.97. The van der Waals surface area contributed by atoms with Crippen LogP contribution in [0.15, 0.2) is 0 Å². The van der Waals surface area contributed by atoms with Gasteiger partial charge in [0, 0.05) is 19.6 Å². The van der Waals surface area contributed by atoms with Crippen molar-refractivity contribution in [3.8, 4) is 0 Å². The van der Waals surface area contributed by atoms with Crippen LogP contribution < -0.4 is 5.32 Å². The Kier molecular flexibility index (Phi) is 5.15. The highest BCUT2D eigenvalue weighted by Gasteiger charge is 2.30. The molecule has 2 atom stereocenters. The van der Waals surface area contributed by atoms with Crippen molar-refractivity contribution in [2.45, 2.75) is 38.3 Å². The summed E-state index contributed by atoms with van der Waals surface area (Å²) in [5.74, 6) is -0.0547. The molecule has 2 saturated heterocycles. The quantitative estimate of drug-likeness (QED) is 0.758. The van der Waals surface area contributed by atoms with Crippen molar-refractivity contribution in [3.63, 3.8) is 0 Å². The topological polar surface area (TPSA) is 67.9 Å². The zero-order chi connectivity index (χ0) is 13.7. The van der Waals surface area contributed by atoms with Crippen molar-refractivity contribution in [1.29, 1.82) is 0 Å².